The summed E-state index contributed by atoms with van der Waals surface area (Å²) in [6, 6.07) is 10.6. The van der Waals surface area contributed by atoms with E-state index in [4.69, 9.17) is 5.73 Å². The summed E-state index contributed by atoms with van der Waals surface area (Å²) < 4.78 is 0. The summed E-state index contributed by atoms with van der Waals surface area (Å²) in [4.78, 5) is 20.9. The lowest BCUT2D eigenvalue weighted by atomic mass is 9.78. The van der Waals surface area contributed by atoms with E-state index in [0.717, 1.165) is 36.0 Å². The van der Waals surface area contributed by atoms with E-state index in [-0.39, 0.29) is 11.3 Å². The number of nitrogen functional groups attached to an aromatic ring is 1. The molecule has 2 unspecified atom stereocenters. The molecule has 1 heterocycles. The molecule has 2 fully saturated rings. The molecule has 4 nitrogen and oxygen atoms in total. The molecule has 2 aromatic rings. The van der Waals surface area contributed by atoms with Crippen molar-refractivity contribution in [3.8, 4) is 11.1 Å². The van der Waals surface area contributed by atoms with Gasteiger partial charge in [0.05, 0.1) is 0 Å². The Labute approximate surface area is 154 Å². The molecule has 0 saturated heterocycles. The van der Waals surface area contributed by atoms with Crippen molar-refractivity contribution in [3.63, 3.8) is 0 Å². The van der Waals surface area contributed by atoms with Gasteiger partial charge in [-0.25, -0.2) is 4.98 Å². The molecule has 0 bridgehead atoms. The zero-order valence-corrected chi connectivity index (χ0v) is 15.4. The smallest absolute Gasteiger partial charge is 0.139 e. The summed E-state index contributed by atoms with van der Waals surface area (Å²) in [5.41, 5.74) is 10.1. The monoisotopic (exact) mass is 347 g/mol. The molecule has 2 aliphatic rings. The van der Waals surface area contributed by atoms with Gasteiger partial charge in [-0.3, -0.25) is 9.79 Å². The van der Waals surface area contributed by atoms with Gasteiger partial charge in [-0.15, -0.1) is 0 Å². The lowest BCUT2D eigenvalue weighted by molar-refractivity contribution is -0.126. The third-order valence-corrected chi connectivity index (χ3v) is 6.18. The van der Waals surface area contributed by atoms with Crippen LogP contribution in [0.4, 0.5) is 5.82 Å². The molecule has 2 N–H and O–H groups in total. The van der Waals surface area contributed by atoms with Gasteiger partial charge in [0.15, 0.2) is 0 Å². The van der Waals surface area contributed by atoms with Gasteiger partial charge in [0.2, 0.25) is 0 Å². The number of Topliss-reactive ketones (excluding diaryl/α,β-unsaturated/α-hetero) is 1. The second kappa shape index (κ2) is 6.35. The van der Waals surface area contributed by atoms with Crippen LogP contribution in [0, 0.1) is 11.8 Å². The summed E-state index contributed by atoms with van der Waals surface area (Å²) in [5.74, 6) is 1.53. The average molecular weight is 347 g/mol. The molecule has 1 aromatic heterocycles. The van der Waals surface area contributed by atoms with Crippen LogP contribution in [0.5, 0.6) is 0 Å². The molecule has 4 rings (SSSR count). The summed E-state index contributed by atoms with van der Waals surface area (Å²) in [5, 5.41) is 0. The number of rotatable bonds is 5. The van der Waals surface area contributed by atoms with E-state index in [1.54, 1.807) is 19.5 Å². The molecule has 0 spiro atoms. The quantitative estimate of drug-likeness (QED) is 0.830. The van der Waals surface area contributed by atoms with Gasteiger partial charge in [0.25, 0.3) is 0 Å². The molecule has 2 saturated carbocycles. The maximum Gasteiger partial charge on any atom is 0.139 e. The molecular weight excluding hydrogens is 322 g/mol. The van der Waals surface area contributed by atoms with E-state index in [0.29, 0.717) is 17.5 Å². The number of hydrogen-bond donors (Lipinski definition) is 1. The van der Waals surface area contributed by atoms with Gasteiger partial charge in [-0.1, -0.05) is 37.6 Å². The maximum absolute atomic E-state index is 12.6. The number of carbonyl (C=O) groups is 1. The van der Waals surface area contributed by atoms with Gasteiger partial charge >= 0.3 is 0 Å². The fourth-order valence-corrected chi connectivity index (χ4v) is 4.01. The number of anilines is 1. The highest BCUT2D eigenvalue weighted by Gasteiger charge is 2.56. The number of carbonyl (C=O) groups excluding carboxylic acids is 1. The first-order valence-electron chi connectivity index (χ1n) is 9.35. The van der Waals surface area contributed by atoms with Crippen LogP contribution in [0.15, 0.2) is 41.5 Å². The first kappa shape index (κ1) is 17.0. The van der Waals surface area contributed by atoms with Crippen LogP contribution in [-0.2, 0) is 10.2 Å². The lowest BCUT2D eigenvalue weighted by Crippen LogP contribution is -2.26. The number of ketones is 1. The Morgan fingerprint density at radius 2 is 2.00 bits per heavy atom. The minimum absolute atomic E-state index is 0.0185. The number of nitrogens with zero attached hydrogens (tertiary/aromatic N) is 2. The highest BCUT2D eigenvalue weighted by Crippen LogP contribution is 2.56. The Kier molecular flexibility index (Phi) is 4.14. The highest BCUT2D eigenvalue weighted by molar-refractivity contribution is 5.89. The number of pyridine rings is 1. The Hall–Kier alpha value is -2.49. The normalized spacial score (nSPS) is 25.2. The highest BCUT2D eigenvalue weighted by atomic mass is 16.1. The standard InChI is InChI=1S/C22H25N3O/c1-22(11-19(22)20(26)15-4-3-5-15)18-8-6-14(7-9-18)16-10-17(12-24-2)21(23)25-13-16/h6-10,12-13,15,19H,3-5,11H2,1-2H3,(H2,23,25). The number of benzene rings is 1. The molecule has 1 aromatic carbocycles. The Balaban J connectivity index is 1.54. The van der Waals surface area contributed by atoms with E-state index in [1.807, 2.05) is 6.07 Å². The van der Waals surface area contributed by atoms with Gasteiger partial charge in [0, 0.05) is 47.8 Å². The van der Waals surface area contributed by atoms with Crippen molar-refractivity contribution in [1.29, 1.82) is 0 Å². The molecule has 2 aliphatic carbocycles. The molecular formula is C22H25N3O. The largest absolute Gasteiger partial charge is 0.383 e. The third-order valence-electron chi connectivity index (χ3n) is 6.18. The molecule has 0 radical (unpaired) electrons. The van der Waals surface area contributed by atoms with Crippen molar-refractivity contribution in [1.82, 2.24) is 4.98 Å². The van der Waals surface area contributed by atoms with Crippen LogP contribution in [0.3, 0.4) is 0 Å². The minimum atomic E-state index is 0.0185. The van der Waals surface area contributed by atoms with Crippen molar-refractivity contribution in [3.05, 3.63) is 47.7 Å². The fraction of sp³-hybridized carbons (Fsp3) is 0.409. The van der Waals surface area contributed by atoms with Gasteiger partial charge in [-0.05, 0) is 36.5 Å². The van der Waals surface area contributed by atoms with Crippen LogP contribution in [0.2, 0.25) is 0 Å². The molecule has 0 aliphatic heterocycles. The Morgan fingerprint density at radius 3 is 2.62 bits per heavy atom. The first-order chi connectivity index (χ1) is 12.5. The fourth-order valence-electron chi connectivity index (χ4n) is 4.01. The van der Waals surface area contributed by atoms with Crippen LogP contribution < -0.4 is 5.73 Å². The van der Waals surface area contributed by atoms with Crippen molar-refractivity contribution in [2.24, 2.45) is 16.8 Å². The second-order valence-electron chi connectivity index (χ2n) is 7.87. The topological polar surface area (TPSA) is 68.3 Å². The van der Waals surface area contributed by atoms with Crippen molar-refractivity contribution in [2.45, 2.75) is 38.0 Å². The molecule has 0 amide bonds. The van der Waals surface area contributed by atoms with Crippen molar-refractivity contribution >= 4 is 17.8 Å². The van der Waals surface area contributed by atoms with E-state index in [1.165, 1.54) is 12.0 Å². The van der Waals surface area contributed by atoms with E-state index >= 15 is 0 Å². The van der Waals surface area contributed by atoms with Crippen LogP contribution in [0.1, 0.15) is 43.7 Å². The predicted molar refractivity (Wildman–Crippen MR) is 105 cm³/mol. The van der Waals surface area contributed by atoms with E-state index in [2.05, 4.69) is 41.2 Å². The van der Waals surface area contributed by atoms with Crippen molar-refractivity contribution in [2.75, 3.05) is 12.8 Å². The average Bonchev–Trinajstić information content (AvgIpc) is 3.29. The zero-order chi connectivity index (χ0) is 18.3. The van der Waals surface area contributed by atoms with Crippen LogP contribution in [-0.4, -0.2) is 24.0 Å². The summed E-state index contributed by atoms with van der Waals surface area (Å²) >= 11 is 0. The number of aromatic nitrogens is 1. The molecule has 26 heavy (non-hydrogen) atoms. The minimum Gasteiger partial charge on any atom is -0.383 e. The Morgan fingerprint density at radius 1 is 1.27 bits per heavy atom. The summed E-state index contributed by atoms with van der Waals surface area (Å²) in [6.07, 6.45) is 7.91. The van der Waals surface area contributed by atoms with E-state index in [9.17, 15) is 4.79 Å². The van der Waals surface area contributed by atoms with Gasteiger partial charge in [0.1, 0.15) is 11.6 Å². The predicted octanol–water partition coefficient (Wildman–Crippen LogP) is 4.03. The van der Waals surface area contributed by atoms with Gasteiger partial charge in [-0.2, -0.15) is 0 Å². The van der Waals surface area contributed by atoms with E-state index < -0.39 is 0 Å². The second-order valence-corrected chi connectivity index (χ2v) is 7.87. The third kappa shape index (κ3) is 2.83. The Bertz CT molecular complexity index is 867. The molecule has 4 heteroatoms. The lowest BCUT2D eigenvalue weighted by Gasteiger charge is -2.25. The number of nitrogens with two attached hydrogens (primary N) is 1. The number of aliphatic imine (C=N–C) groups is 1. The van der Waals surface area contributed by atoms with Crippen LogP contribution in [0.25, 0.3) is 11.1 Å². The SMILES string of the molecule is CN=Cc1cc(-c2ccc(C3(C)CC3C(=O)C3CCC3)cc2)cnc1N. The van der Waals surface area contributed by atoms with Crippen molar-refractivity contribution < 1.29 is 4.79 Å². The summed E-state index contributed by atoms with van der Waals surface area (Å²) in [6.45, 7) is 2.23. The molecule has 134 valence electrons. The first-order valence-corrected chi connectivity index (χ1v) is 9.35. The number of hydrogen-bond acceptors (Lipinski definition) is 4. The summed E-state index contributed by atoms with van der Waals surface area (Å²) in [7, 11) is 1.72. The van der Waals surface area contributed by atoms with Crippen LogP contribution >= 0.6 is 0 Å². The molecule has 2 atom stereocenters. The maximum atomic E-state index is 12.6. The zero-order valence-electron chi connectivity index (χ0n) is 15.4. The van der Waals surface area contributed by atoms with Gasteiger partial charge < -0.3 is 5.73 Å².